The molecule has 0 bridgehead atoms. The maximum atomic E-state index is 13.3. The Morgan fingerprint density at radius 2 is 1.76 bits per heavy atom. The Labute approximate surface area is 145 Å². The third kappa shape index (κ3) is 4.99. The number of ether oxygens (including phenoxy) is 1. The maximum absolute atomic E-state index is 13.3. The van der Waals surface area contributed by atoms with Crippen LogP contribution in [0.1, 0.15) is 21.5 Å². The predicted octanol–water partition coefficient (Wildman–Crippen LogP) is 4.27. The van der Waals surface area contributed by atoms with E-state index in [0.717, 1.165) is 24.9 Å². The summed E-state index contributed by atoms with van der Waals surface area (Å²) in [6.07, 6.45) is -4.79. The number of carbonyl (C=O) groups excluding carboxylic acids is 1. The van der Waals surface area contributed by atoms with Crippen LogP contribution in [0.5, 0.6) is 0 Å². The lowest BCUT2D eigenvalue weighted by atomic mass is 10.1. The molecule has 0 aliphatic carbocycles. The van der Waals surface area contributed by atoms with E-state index in [4.69, 9.17) is 5.11 Å². The molecule has 25 heavy (non-hydrogen) atoms. The molecule has 0 heterocycles. The van der Waals surface area contributed by atoms with Gasteiger partial charge in [0.05, 0.1) is 24.7 Å². The van der Waals surface area contributed by atoms with Crippen molar-refractivity contribution in [3.8, 4) is 0 Å². The number of hydrogen-bond acceptors (Lipinski definition) is 4. The number of methoxy groups -OCH3 is 1. The van der Waals surface area contributed by atoms with Gasteiger partial charge in [-0.1, -0.05) is 23.9 Å². The van der Waals surface area contributed by atoms with Gasteiger partial charge in [-0.2, -0.15) is 13.2 Å². The molecule has 2 aromatic carbocycles. The van der Waals surface area contributed by atoms with Gasteiger partial charge >= 0.3 is 18.1 Å². The van der Waals surface area contributed by atoms with Crippen molar-refractivity contribution in [1.29, 1.82) is 0 Å². The van der Waals surface area contributed by atoms with Crippen molar-refractivity contribution in [3.63, 3.8) is 0 Å². The van der Waals surface area contributed by atoms with Crippen molar-refractivity contribution in [1.82, 2.24) is 0 Å². The molecule has 4 nitrogen and oxygen atoms in total. The number of halogens is 3. The van der Waals surface area contributed by atoms with Gasteiger partial charge in [0.25, 0.3) is 0 Å². The molecule has 0 aliphatic rings. The van der Waals surface area contributed by atoms with Crippen LogP contribution in [0.2, 0.25) is 0 Å². The number of esters is 1. The van der Waals surface area contributed by atoms with Crippen LogP contribution in [0, 0.1) is 0 Å². The highest BCUT2D eigenvalue weighted by molar-refractivity contribution is 7.99. The van der Waals surface area contributed by atoms with Gasteiger partial charge in [0.2, 0.25) is 0 Å². The number of carboxylic acid groups (broad SMARTS) is 1. The number of benzene rings is 2. The van der Waals surface area contributed by atoms with Crippen molar-refractivity contribution >= 4 is 23.7 Å². The number of carboxylic acids is 1. The van der Waals surface area contributed by atoms with E-state index in [2.05, 4.69) is 4.74 Å². The number of rotatable bonds is 5. The smallest absolute Gasteiger partial charge is 0.417 e. The van der Waals surface area contributed by atoms with E-state index in [1.54, 1.807) is 24.3 Å². The molecule has 0 atom stereocenters. The van der Waals surface area contributed by atoms with Gasteiger partial charge in [-0.25, -0.2) is 4.79 Å². The second kappa shape index (κ2) is 7.60. The highest BCUT2D eigenvalue weighted by Crippen LogP contribution is 2.40. The fourth-order valence-electron chi connectivity index (χ4n) is 2.06. The fraction of sp³-hybridized carbons (Fsp3) is 0.176. The van der Waals surface area contributed by atoms with Gasteiger partial charge in [0, 0.05) is 9.79 Å². The van der Waals surface area contributed by atoms with E-state index in [-0.39, 0.29) is 16.9 Å². The van der Waals surface area contributed by atoms with Gasteiger partial charge in [-0.15, -0.1) is 0 Å². The molecule has 0 spiro atoms. The lowest BCUT2D eigenvalue weighted by Crippen LogP contribution is -2.10. The molecule has 0 saturated heterocycles. The van der Waals surface area contributed by atoms with Crippen LogP contribution >= 0.6 is 11.8 Å². The van der Waals surface area contributed by atoms with Crippen LogP contribution in [0.15, 0.2) is 52.3 Å². The van der Waals surface area contributed by atoms with Crippen molar-refractivity contribution < 1.29 is 32.6 Å². The molecule has 2 aromatic rings. The maximum Gasteiger partial charge on any atom is 0.417 e. The van der Waals surface area contributed by atoms with Gasteiger partial charge in [0.1, 0.15) is 0 Å². The van der Waals surface area contributed by atoms with Gasteiger partial charge in [0.15, 0.2) is 0 Å². The van der Waals surface area contributed by atoms with E-state index in [0.29, 0.717) is 10.5 Å². The Morgan fingerprint density at radius 3 is 2.28 bits per heavy atom. The van der Waals surface area contributed by atoms with Crippen molar-refractivity contribution in [2.45, 2.75) is 22.4 Å². The highest BCUT2D eigenvalue weighted by Gasteiger charge is 2.34. The Kier molecular flexibility index (Phi) is 5.73. The van der Waals surface area contributed by atoms with Crippen LogP contribution in [0.25, 0.3) is 0 Å². The minimum Gasteiger partial charge on any atom is -0.481 e. The summed E-state index contributed by atoms with van der Waals surface area (Å²) in [4.78, 5) is 22.5. The number of carbonyl (C=O) groups is 2. The fourth-order valence-corrected chi connectivity index (χ4v) is 3.01. The first-order valence-corrected chi connectivity index (χ1v) is 7.80. The third-order valence-corrected chi connectivity index (χ3v) is 4.30. The average Bonchev–Trinajstić information content (AvgIpc) is 2.55. The quantitative estimate of drug-likeness (QED) is 0.797. The summed E-state index contributed by atoms with van der Waals surface area (Å²) < 4.78 is 44.3. The molecule has 0 amide bonds. The summed E-state index contributed by atoms with van der Waals surface area (Å²) >= 11 is 0.877. The monoisotopic (exact) mass is 370 g/mol. The van der Waals surface area contributed by atoms with Gasteiger partial charge in [-0.05, 0) is 35.9 Å². The van der Waals surface area contributed by atoms with Crippen molar-refractivity contribution in [3.05, 3.63) is 59.2 Å². The summed E-state index contributed by atoms with van der Waals surface area (Å²) in [6.45, 7) is 0. The van der Waals surface area contributed by atoms with E-state index < -0.39 is 23.7 Å². The molecule has 8 heteroatoms. The summed E-state index contributed by atoms with van der Waals surface area (Å²) in [6, 6.07) is 9.44. The van der Waals surface area contributed by atoms with Crippen LogP contribution in [-0.4, -0.2) is 24.2 Å². The van der Waals surface area contributed by atoms with Crippen LogP contribution in [0.3, 0.4) is 0 Å². The largest absolute Gasteiger partial charge is 0.481 e. The number of alkyl halides is 3. The van der Waals surface area contributed by atoms with E-state index in [9.17, 15) is 22.8 Å². The van der Waals surface area contributed by atoms with Crippen LogP contribution in [0.4, 0.5) is 13.2 Å². The molecule has 0 aromatic heterocycles. The zero-order valence-corrected chi connectivity index (χ0v) is 13.8. The minimum atomic E-state index is -4.63. The topological polar surface area (TPSA) is 63.6 Å². The minimum absolute atomic E-state index is 0.0638. The number of aliphatic carboxylic acids is 1. The van der Waals surface area contributed by atoms with Crippen molar-refractivity contribution in [2.24, 2.45) is 0 Å². The standard InChI is InChI=1S/C17H13F3O4S/c1-24-16(23)11-4-7-14(13(9-11)17(18,19)20)25-12-5-2-10(3-6-12)8-15(21)22/h2-7,9H,8H2,1H3,(H,21,22). The molecule has 0 saturated carbocycles. The zero-order valence-electron chi connectivity index (χ0n) is 13.0. The molecule has 0 unspecified atom stereocenters. The second-order valence-electron chi connectivity index (χ2n) is 5.02. The zero-order chi connectivity index (χ0) is 18.6. The van der Waals surface area contributed by atoms with Crippen LogP contribution in [-0.2, 0) is 22.1 Å². The lowest BCUT2D eigenvalue weighted by Gasteiger charge is -2.14. The molecule has 2 rings (SSSR count). The highest BCUT2D eigenvalue weighted by atomic mass is 32.2. The number of hydrogen-bond donors (Lipinski definition) is 1. The Balaban J connectivity index is 2.32. The molecular formula is C17H13F3O4S. The van der Waals surface area contributed by atoms with Gasteiger partial charge < -0.3 is 9.84 Å². The first-order chi connectivity index (χ1) is 11.7. The normalized spacial score (nSPS) is 11.2. The molecule has 132 valence electrons. The SMILES string of the molecule is COC(=O)c1ccc(Sc2ccc(CC(=O)O)cc2)c(C(F)(F)F)c1. The Bertz CT molecular complexity index is 785. The van der Waals surface area contributed by atoms with Crippen molar-refractivity contribution in [2.75, 3.05) is 7.11 Å². The summed E-state index contributed by atoms with van der Waals surface area (Å²) in [5.41, 5.74) is -0.570. The molecule has 0 radical (unpaired) electrons. The molecule has 0 aliphatic heterocycles. The third-order valence-electron chi connectivity index (χ3n) is 3.21. The average molecular weight is 370 g/mol. The molecular weight excluding hydrogens is 357 g/mol. The second-order valence-corrected chi connectivity index (χ2v) is 6.13. The van der Waals surface area contributed by atoms with E-state index in [1.165, 1.54) is 12.1 Å². The summed E-state index contributed by atoms with van der Waals surface area (Å²) in [5.74, 6) is -1.83. The van der Waals surface area contributed by atoms with E-state index >= 15 is 0 Å². The molecule has 1 N–H and O–H groups in total. The summed E-state index contributed by atoms with van der Waals surface area (Å²) in [5, 5.41) is 8.72. The predicted molar refractivity (Wildman–Crippen MR) is 84.7 cm³/mol. The molecule has 0 fully saturated rings. The first-order valence-electron chi connectivity index (χ1n) is 6.99. The van der Waals surface area contributed by atoms with E-state index in [1.807, 2.05) is 0 Å². The lowest BCUT2D eigenvalue weighted by molar-refractivity contribution is -0.140. The van der Waals surface area contributed by atoms with Gasteiger partial charge in [-0.3, -0.25) is 4.79 Å². The Hall–Kier alpha value is -2.48. The van der Waals surface area contributed by atoms with Crippen LogP contribution < -0.4 is 0 Å². The first kappa shape index (κ1) is 18.9. The Morgan fingerprint density at radius 1 is 1.12 bits per heavy atom. The summed E-state index contributed by atoms with van der Waals surface area (Å²) in [7, 11) is 1.09.